The van der Waals surface area contributed by atoms with Gasteiger partial charge in [0.15, 0.2) is 5.78 Å². The van der Waals surface area contributed by atoms with Crippen LogP contribution in [0.4, 0.5) is 0 Å². The van der Waals surface area contributed by atoms with Crippen molar-refractivity contribution in [3.05, 3.63) is 63.1 Å². The molecule has 0 aliphatic carbocycles. The Morgan fingerprint density at radius 1 is 1.17 bits per heavy atom. The third-order valence-electron chi connectivity index (χ3n) is 2.54. The topological polar surface area (TPSA) is 37.3 Å². The molecule has 0 radical (unpaired) electrons. The molecule has 1 N–H and O–H groups in total. The maximum absolute atomic E-state index is 12.1. The highest BCUT2D eigenvalue weighted by molar-refractivity contribution is 9.10. The first-order chi connectivity index (χ1) is 8.56. The van der Waals surface area contributed by atoms with Crippen LogP contribution < -0.4 is 0 Å². The minimum Gasteiger partial charge on any atom is -0.507 e. The molecular weight excluding hydrogens is 316 g/mol. The number of phenols is 1. The molecule has 0 saturated carbocycles. The van der Waals surface area contributed by atoms with Gasteiger partial charge in [-0.25, -0.2) is 0 Å². The predicted octanol–water partition coefficient (Wildman–Crippen LogP) is 4.23. The van der Waals surface area contributed by atoms with Gasteiger partial charge in [-0.15, -0.1) is 0 Å². The molecular formula is C14H10BrClO2. The lowest BCUT2D eigenvalue weighted by molar-refractivity contribution is 0.0990. The van der Waals surface area contributed by atoms with Crippen LogP contribution in [0.2, 0.25) is 5.02 Å². The van der Waals surface area contributed by atoms with Crippen LogP contribution in [0.3, 0.4) is 0 Å². The molecule has 92 valence electrons. The fourth-order valence-corrected chi connectivity index (χ4v) is 2.10. The molecule has 0 saturated heterocycles. The Balaban J connectivity index is 2.21. The molecule has 2 rings (SSSR count). The summed E-state index contributed by atoms with van der Waals surface area (Å²) in [7, 11) is 0. The molecule has 4 heteroatoms. The molecule has 0 heterocycles. The molecule has 0 atom stereocenters. The highest BCUT2D eigenvalue weighted by atomic mass is 79.9. The second-order valence-electron chi connectivity index (χ2n) is 3.89. The molecule has 0 aromatic heterocycles. The van der Waals surface area contributed by atoms with E-state index in [1.165, 1.54) is 6.07 Å². The average molecular weight is 326 g/mol. The van der Waals surface area contributed by atoms with Gasteiger partial charge in [0.1, 0.15) is 5.75 Å². The Labute approximate surface area is 118 Å². The zero-order valence-electron chi connectivity index (χ0n) is 9.36. The Morgan fingerprint density at radius 2 is 1.83 bits per heavy atom. The van der Waals surface area contributed by atoms with Crippen molar-refractivity contribution in [2.75, 3.05) is 0 Å². The Bertz CT molecular complexity index is 579. The minimum absolute atomic E-state index is 0.00263. The van der Waals surface area contributed by atoms with Crippen LogP contribution in [-0.4, -0.2) is 10.9 Å². The van der Waals surface area contributed by atoms with E-state index >= 15 is 0 Å². The van der Waals surface area contributed by atoms with Crippen LogP contribution in [0, 0.1) is 0 Å². The summed E-state index contributed by atoms with van der Waals surface area (Å²) in [5, 5.41) is 10.3. The predicted molar refractivity (Wildman–Crippen MR) is 75.3 cm³/mol. The van der Waals surface area contributed by atoms with E-state index in [0.29, 0.717) is 10.6 Å². The van der Waals surface area contributed by atoms with Gasteiger partial charge in [0.25, 0.3) is 0 Å². The van der Waals surface area contributed by atoms with Crippen molar-refractivity contribution in [1.82, 2.24) is 0 Å². The molecule has 0 aliphatic heterocycles. The standard InChI is InChI=1S/C14H10BrClO2/c15-10-3-6-13(17)12(8-10)14(18)7-9-1-4-11(16)5-2-9/h1-6,8,17H,7H2. The van der Waals surface area contributed by atoms with Crippen LogP contribution in [0.5, 0.6) is 5.75 Å². The number of hydrogen-bond donors (Lipinski definition) is 1. The zero-order valence-corrected chi connectivity index (χ0v) is 11.7. The van der Waals surface area contributed by atoms with E-state index in [9.17, 15) is 9.90 Å². The number of halogens is 2. The maximum atomic E-state index is 12.1. The van der Waals surface area contributed by atoms with Crippen molar-refractivity contribution in [2.45, 2.75) is 6.42 Å². The van der Waals surface area contributed by atoms with E-state index in [0.717, 1.165) is 10.0 Å². The van der Waals surface area contributed by atoms with Gasteiger partial charge in [-0.3, -0.25) is 4.79 Å². The highest BCUT2D eigenvalue weighted by Gasteiger charge is 2.12. The number of benzene rings is 2. The van der Waals surface area contributed by atoms with E-state index in [2.05, 4.69) is 15.9 Å². The number of ketones is 1. The van der Waals surface area contributed by atoms with Gasteiger partial charge >= 0.3 is 0 Å². The summed E-state index contributed by atoms with van der Waals surface area (Å²) in [4.78, 5) is 12.1. The first-order valence-corrected chi connectivity index (χ1v) is 6.49. The van der Waals surface area contributed by atoms with Gasteiger partial charge in [-0.05, 0) is 35.9 Å². The summed E-state index contributed by atoms with van der Waals surface area (Å²) in [6.07, 6.45) is 0.237. The van der Waals surface area contributed by atoms with Gasteiger partial charge < -0.3 is 5.11 Å². The van der Waals surface area contributed by atoms with Gasteiger partial charge in [0.05, 0.1) is 5.56 Å². The number of hydrogen-bond acceptors (Lipinski definition) is 2. The number of rotatable bonds is 3. The first kappa shape index (κ1) is 13.1. The van der Waals surface area contributed by atoms with Crippen molar-refractivity contribution in [2.24, 2.45) is 0 Å². The van der Waals surface area contributed by atoms with Gasteiger partial charge in [0.2, 0.25) is 0 Å². The summed E-state index contributed by atoms with van der Waals surface area (Å²) < 4.78 is 0.764. The van der Waals surface area contributed by atoms with E-state index in [-0.39, 0.29) is 18.0 Å². The number of carbonyl (C=O) groups excluding carboxylic acids is 1. The zero-order chi connectivity index (χ0) is 13.1. The average Bonchev–Trinajstić information content (AvgIpc) is 2.35. The van der Waals surface area contributed by atoms with Crippen molar-refractivity contribution >= 4 is 33.3 Å². The molecule has 18 heavy (non-hydrogen) atoms. The lowest BCUT2D eigenvalue weighted by Gasteiger charge is -2.05. The Kier molecular flexibility index (Phi) is 4.04. The summed E-state index contributed by atoms with van der Waals surface area (Å²) >= 11 is 9.06. The van der Waals surface area contributed by atoms with Crippen LogP contribution >= 0.6 is 27.5 Å². The number of carbonyl (C=O) groups is 1. The summed E-state index contributed by atoms with van der Waals surface area (Å²) in [6, 6.07) is 11.9. The normalized spacial score (nSPS) is 10.3. The largest absolute Gasteiger partial charge is 0.507 e. The van der Waals surface area contributed by atoms with Crippen molar-refractivity contribution < 1.29 is 9.90 Å². The summed E-state index contributed by atoms with van der Waals surface area (Å²) in [5.74, 6) is -0.131. The smallest absolute Gasteiger partial charge is 0.170 e. The summed E-state index contributed by atoms with van der Waals surface area (Å²) in [6.45, 7) is 0. The van der Waals surface area contributed by atoms with E-state index in [4.69, 9.17) is 11.6 Å². The fraction of sp³-hybridized carbons (Fsp3) is 0.0714. The molecule has 0 spiro atoms. The molecule has 0 bridgehead atoms. The second kappa shape index (κ2) is 5.55. The molecule has 0 unspecified atom stereocenters. The SMILES string of the molecule is O=C(Cc1ccc(Cl)cc1)c1cc(Br)ccc1O. The van der Waals surface area contributed by atoms with Gasteiger partial charge in [0, 0.05) is 15.9 Å². The third-order valence-corrected chi connectivity index (χ3v) is 3.28. The molecule has 2 aromatic rings. The maximum Gasteiger partial charge on any atom is 0.170 e. The van der Waals surface area contributed by atoms with E-state index < -0.39 is 0 Å². The van der Waals surface area contributed by atoms with Crippen molar-refractivity contribution in [3.63, 3.8) is 0 Å². The third kappa shape index (κ3) is 3.12. The lowest BCUT2D eigenvalue weighted by Crippen LogP contribution is -2.03. The van der Waals surface area contributed by atoms with Crippen molar-refractivity contribution in [3.8, 4) is 5.75 Å². The first-order valence-electron chi connectivity index (χ1n) is 5.32. The van der Waals surface area contributed by atoms with Gasteiger partial charge in [-0.1, -0.05) is 39.7 Å². The second-order valence-corrected chi connectivity index (χ2v) is 5.24. The molecule has 2 nitrogen and oxygen atoms in total. The quantitative estimate of drug-likeness (QED) is 0.857. The Hall–Kier alpha value is -1.32. The molecule has 0 amide bonds. The molecule has 0 aliphatic rings. The van der Waals surface area contributed by atoms with Crippen LogP contribution in [0.15, 0.2) is 46.9 Å². The van der Waals surface area contributed by atoms with Crippen LogP contribution in [-0.2, 0) is 6.42 Å². The highest BCUT2D eigenvalue weighted by Crippen LogP contribution is 2.23. The number of Topliss-reactive ketones (excluding diaryl/α,β-unsaturated/α-hetero) is 1. The van der Waals surface area contributed by atoms with Crippen molar-refractivity contribution in [1.29, 1.82) is 0 Å². The monoisotopic (exact) mass is 324 g/mol. The van der Waals surface area contributed by atoms with E-state index in [1.54, 1.807) is 36.4 Å². The van der Waals surface area contributed by atoms with Crippen LogP contribution in [0.1, 0.15) is 15.9 Å². The number of phenolic OH excluding ortho intramolecular Hbond substituents is 1. The van der Waals surface area contributed by atoms with Gasteiger partial charge in [-0.2, -0.15) is 0 Å². The summed E-state index contributed by atoms with van der Waals surface area (Å²) in [5.41, 5.74) is 1.18. The lowest BCUT2D eigenvalue weighted by atomic mass is 10.0. The fourth-order valence-electron chi connectivity index (χ4n) is 1.61. The van der Waals surface area contributed by atoms with Crippen LogP contribution in [0.25, 0.3) is 0 Å². The Morgan fingerprint density at radius 3 is 2.50 bits per heavy atom. The van der Waals surface area contributed by atoms with E-state index in [1.807, 2.05) is 0 Å². The number of aromatic hydroxyl groups is 1. The molecule has 0 fully saturated rings. The minimum atomic E-state index is -0.129. The molecule has 2 aromatic carbocycles.